The van der Waals surface area contributed by atoms with Gasteiger partial charge in [-0.25, -0.2) is 8.42 Å². The van der Waals surface area contributed by atoms with Crippen LogP contribution in [-0.4, -0.2) is 72.9 Å². The second-order valence-corrected chi connectivity index (χ2v) is 9.28. The van der Waals surface area contributed by atoms with Crippen molar-refractivity contribution in [2.75, 3.05) is 50.5 Å². The minimum atomic E-state index is -3.52. The lowest BCUT2D eigenvalue weighted by Gasteiger charge is -2.29. The van der Waals surface area contributed by atoms with Crippen LogP contribution < -0.4 is 16.0 Å². The molecule has 0 spiro atoms. The van der Waals surface area contributed by atoms with Crippen molar-refractivity contribution in [1.29, 1.82) is 0 Å². The number of nitrogen functional groups attached to an aromatic ring is 1. The van der Waals surface area contributed by atoms with Crippen LogP contribution in [-0.2, 0) is 21.4 Å². The van der Waals surface area contributed by atoms with Gasteiger partial charge in [0.2, 0.25) is 21.9 Å². The van der Waals surface area contributed by atoms with Gasteiger partial charge in [-0.1, -0.05) is 11.8 Å². The molecule has 10 nitrogen and oxygen atoms in total. The Labute approximate surface area is 168 Å². The number of hydrogen-bond acceptors (Lipinski definition) is 7. The number of thioether (sulfide) groups is 1. The zero-order chi connectivity index (χ0) is 20.3. The molecule has 1 aromatic heterocycles. The largest absolute Gasteiger partial charge is 0.368 e. The van der Waals surface area contributed by atoms with Gasteiger partial charge in [0, 0.05) is 5.69 Å². The zero-order valence-electron chi connectivity index (χ0n) is 15.8. The molecule has 1 aromatic carbocycles. The first-order chi connectivity index (χ1) is 13.3. The number of nitrogens with zero attached hydrogens (tertiary/aromatic N) is 4. The fourth-order valence-corrected chi connectivity index (χ4v) is 4.85. The highest BCUT2D eigenvalue weighted by molar-refractivity contribution is 7.98. The summed E-state index contributed by atoms with van der Waals surface area (Å²) in [7, 11) is -1.47. The van der Waals surface area contributed by atoms with Crippen LogP contribution in [0.4, 0.5) is 11.6 Å². The number of amides is 1. The molecule has 12 heteroatoms. The molecule has 1 saturated heterocycles. The lowest BCUT2D eigenvalue weighted by molar-refractivity contribution is -0.883. The number of quaternary nitrogens is 1. The summed E-state index contributed by atoms with van der Waals surface area (Å²) in [5.74, 6) is -0.144. The number of nitrogens with two attached hydrogens (primary N) is 1. The highest BCUT2D eigenvalue weighted by atomic mass is 32.2. The van der Waals surface area contributed by atoms with Gasteiger partial charge >= 0.3 is 0 Å². The molecule has 0 unspecified atom stereocenters. The lowest BCUT2D eigenvalue weighted by atomic mass is 10.3. The molecule has 1 aliphatic rings. The van der Waals surface area contributed by atoms with Crippen LogP contribution in [0, 0.1) is 0 Å². The van der Waals surface area contributed by atoms with Crippen LogP contribution >= 0.6 is 11.8 Å². The Kier molecular flexibility index (Phi) is 6.23. The molecular formula is C16H24N7O3S2+. The fraction of sp³-hybridized carbons (Fsp3) is 0.438. The van der Waals surface area contributed by atoms with E-state index in [1.54, 1.807) is 12.1 Å². The first kappa shape index (κ1) is 20.6. The van der Waals surface area contributed by atoms with Crippen molar-refractivity contribution < 1.29 is 18.1 Å². The summed E-state index contributed by atoms with van der Waals surface area (Å²) in [5, 5.41) is 10.9. The summed E-state index contributed by atoms with van der Waals surface area (Å²) in [6, 6.07) is 6.18. The third-order valence-corrected chi connectivity index (χ3v) is 7.16. The van der Waals surface area contributed by atoms with Gasteiger partial charge in [0.05, 0.1) is 38.1 Å². The molecule has 0 aliphatic carbocycles. The van der Waals surface area contributed by atoms with E-state index in [-0.39, 0.29) is 23.3 Å². The molecule has 0 saturated carbocycles. The van der Waals surface area contributed by atoms with E-state index in [9.17, 15) is 13.2 Å². The number of aromatic nitrogens is 3. The summed E-state index contributed by atoms with van der Waals surface area (Å²) >= 11 is 1.34. The Hall–Kier alpha value is -2.15. The van der Waals surface area contributed by atoms with E-state index < -0.39 is 10.0 Å². The van der Waals surface area contributed by atoms with Gasteiger partial charge in [0.1, 0.15) is 6.54 Å². The highest BCUT2D eigenvalue weighted by Gasteiger charge is 2.29. The summed E-state index contributed by atoms with van der Waals surface area (Å²) in [5.41, 5.74) is 6.23. The van der Waals surface area contributed by atoms with Gasteiger partial charge in [-0.3, -0.25) is 9.36 Å². The Morgan fingerprint density at radius 3 is 2.50 bits per heavy atom. The van der Waals surface area contributed by atoms with E-state index in [4.69, 9.17) is 5.73 Å². The van der Waals surface area contributed by atoms with Crippen LogP contribution in [0.15, 0.2) is 34.3 Å². The van der Waals surface area contributed by atoms with Crippen LogP contribution in [0.1, 0.15) is 0 Å². The Bertz CT molecular complexity index is 936. The maximum atomic E-state index is 12.7. The molecule has 0 bridgehead atoms. The standard InChI is InChI=1S/C16H23N7O3S2/c1-21-7-9-22(10-8-21)28(25,26)13-5-3-12(4-6-13)18-14(24)11-23-15(17)19-20-16(23)27-2/h3-6H,7-11H2,1-2H3,(H2,17,19)(H,18,24)/p+1. The molecule has 152 valence electrons. The minimum Gasteiger partial charge on any atom is -0.368 e. The van der Waals surface area contributed by atoms with E-state index in [1.807, 2.05) is 6.26 Å². The van der Waals surface area contributed by atoms with Crippen LogP contribution in [0.5, 0.6) is 0 Å². The van der Waals surface area contributed by atoms with Gasteiger partial charge in [-0.2, -0.15) is 4.31 Å². The quantitative estimate of drug-likeness (QED) is 0.492. The molecule has 4 N–H and O–H groups in total. The molecule has 1 fully saturated rings. The Morgan fingerprint density at radius 2 is 1.89 bits per heavy atom. The van der Waals surface area contributed by atoms with Crippen molar-refractivity contribution >= 4 is 39.3 Å². The Morgan fingerprint density at radius 1 is 1.25 bits per heavy atom. The van der Waals surface area contributed by atoms with Crippen molar-refractivity contribution in [2.24, 2.45) is 0 Å². The second-order valence-electron chi connectivity index (χ2n) is 6.56. The summed E-state index contributed by atoms with van der Waals surface area (Å²) in [6.45, 7) is 2.56. The Balaban J connectivity index is 1.65. The van der Waals surface area contributed by atoms with Gasteiger partial charge in [0.25, 0.3) is 0 Å². The SMILES string of the molecule is CSc1nnc(N)n1CC(=O)Nc1ccc(S(=O)(=O)N2CC[NH+](C)CC2)cc1. The number of benzene rings is 1. The van der Waals surface area contributed by atoms with Crippen molar-refractivity contribution in [2.45, 2.75) is 16.6 Å². The summed E-state index contributed by atoms with van der Waals surface area (Å²) in [6.07, 6.45) is 1.82. The van der Waals surface area contributed by atoms with Gasteiger partial charge in [0.15, 0.2) is 5.16 Å². The van der Waals surface area contributed by atoms with E-state index in [1.165, 1.54) is 37.7 Å². The van der Waals surface area contributed by atoms with Crippen LogP contribution in [0.3, 0.4) is 0 Å². The number of sulfonamides is 1. The monoisotopic (exact) mass is 426 g/mol. The first-order valence-electron chi connectivity index (χ1n) is 8.75. The molecular weight excluding hydrogens is 402 g/mol. The van der Waals surface area contributed by atoms with Crippen molar-refractivity contribution in [3.8, 4) is 0 Å². The van der Waals surface area contributed by atoms with E-state index >= 15 is 0 Å². The third kappa shape index (κ3) is 4.46. The predicted octanol–water partition coefficient (Wildman–Crippen LogP) is -1.26. The maximum Gasteiger partial charge on any atom is 0.244 e. The third-order valence-electron chi connectivity index (χ3n) is 4.58. The fourth-order valence-electron chi connectivity index (χ4n) is 2.91. The minimum absolute atomic E-state index is 0.0291. The number of likely N-dealkylation sites (N-methyl/N-ethyl adjacent to an activating group) is 1. The van der Waals surface area contributed by atoms with E-state index in [0.29, 0.717) is 23.9 Å². The van der Waals surface area contributed by atoms with Crippen LogP contribution in [0.25, 0.3) is 0 Å². The first-order valence-corrected chi connectivity index (χ1v) is 11.4. The van der Waals surface area contributed by atoms with Gasteiger partial charge in [-0.15, -0.1) is 10.2 Å². The average Bonchev–Trinajstić information content (AvgIpc) is 3.02. The van der Waals surface area contributed by atoms with E-state index in [0.717, 1.165) is 13.1 Å². The number of anilines is 2. The predicted molar refractivity (Wildman–Crippen MR) is 107 cm³/mol. The molecule has 28 heavy (non-hydrogen) atoms. The topological polar surface area (TPSA) is 128 Å². The molecule has 1 amide bonds. The second kappa shape index (κ2) is 8.47. The van der Waals surface area contributed by atoms with Crippen molar-refractivity contribution in [3.05, 3.63) is 24.3 Å². The zero-order valence-corrected chi connectivity index (χ0v) is 17.4. The number of piperazine rings is 1. The van der Waals surface area contributed by atoms with Crippen molar-refractivity contribution in [1.82, 2.24) is 19.1 Å². The number of hydrogen-bond donors (Lipinski definition) is 3. The van der Waals surface area contributed by atoms with Crippen molar-refractivity contribution in [3.63, 3.8) is 0 Å². The lowest BCUT2D eigenvalue weighted by Crippen LogP contribution is -3.12. The maximum absolute atomic E-state index is 12.7. The molecule has 2 heterocycles. The highest BCUT2D eigenvalue weighted by Crippen LogP contribution is 2.19. The van der Waals surface area contributed by atoms with E-state index in [2.05, 4.69) is 22.6 Å². The smallest absolute Gasteiger partial charge is 0.244 e. The molecule has 1 aliphatic heterocycles. The van der Waals surface area contributed by atoms with Crippen LogP contribution in [0.2, 0.25) is 0 Å². The summed E-state index contributed by atoms with van der Waals surface area (Å²) in [4.78, 5) is 13.8. The van der Waals surface area contributed by atoms with Gasteiger partial charge in [-0.05, 0) is 30.5 Å². The average molecular weight is 427 g/mol. The molecule has 2 aromatic rings. The number of carbonyl (C=O) groups excluding carboxylic acids is 1. The number of rotatable bonds is 6. The normalized spacial score (nSPS) is 16.2. The molecule has 3 rings (SSSR count). The molecule has 0 radical (unpaired) electrons. The molecule has 0 atom stereocenters. The van der Waals surface area contributed by atoms with Gasteiger partial charge < -0.3 is 16.0 Å². The number of carbonyl (C=O) groups is 1. The number of nitrogens with one attached hydrogen (secondary N) is 2. The summed E-state index contributed by atoms with van der Waals surface area (Å²) < 4.78 is 28.5.